The van der Waals surface area contributed by atoms with Gasteiger partial charge in [0.25, 0.3) is 0 Å². The summed E-state index contributed by atoms with van der Waals surface area (Å²) in [4.78, 5) is 0. The third-order valence-electron chi connectivity index (χ3n) is 2.77. The van der Waals surface area contributed by atoms with Gasteiger partial charge < -0.3 is 0 Å². The van der Waals surface area contributed by atoms with E-state index in [4.69, 9.17) is 10.7 Å². The fourth-order valence-corrected chi connectivity index (χ4v) is 2.54. The molecule has 0 aromatic heterocycles. The number of nitrogens with one attached hydrogen (secondary N) is 1. The molecule has 0 spiro atoms. The zero-order chi connectivity index (χ0) is 12.8. The lowest BCUT2D eigenvalue weighted by atomic mass is 10.2. The molecule has 94 valence electrons. The van der Waals surface area contributed by atoms with E-state index < -0.39 is 8.01 Å². The van der Waals surface area contributed by atoms with Gasteiger partial charge in [-0.3, -0.25) is 15.3 Å². The van der Waals surface area contributed by atoms with E-state index in [1.165, 1.54) is 11.1 Å². The van der Waals surface area contributed by atoms with Gasteiger partial charge in [-0.2, -0.15) is 0 Å². The van der Waals surface area contributed by atoms with Crippen LogP contribution in [0.4, 0.5) is 0 Å². The molecule has 2 aromatic carbocycles. The summed E-state index contributed by atoms with van der Waals surface area (Å²) < 4.78 is 2.04. The average Bonchev–Trinajstić information content (AvgIpc) is 2.40. The van der Waals surface area contributed by atoms with Gasteiger partial charge in [0.2, 0.25) is 0 Å². The normalized spacial score (nSPS) is 12.6. The van der Waals surface area contributed by atoms with Gasteiger partial charge in [-0.15, -0.1) is 0 Å². The molecule has 1 atom stereocenters. The van der Waals surface area contributed by atoms with Gasteiger partial charge in [0.15, 0.2) is 0 Å². The Morgan fingerprint density at radius 3 is 1.56 bits per heavy atom. The number of nitrogens with zero attached hydrogens (tertiary/aromatic N) is 1. The zero-order valence-electron chi connectivity index (χ0n) is 10.2. The molecule has 0 aliphatic carbocycles. The van der Waals surface area contributed by atoms with E-state index in [-0.39, 0.29) is 0 Å². The predicted octanol–water partition coefficient (Wildman–Crippen LogP) is 3.45. The first-order chi connectivity index (χ1) is 8.75. The van der Waals surface area contributed by atoms with Crippen molar-refractivity contribution in [3.63, 3.8) is 0 Å². The van der Waals surface area contributed by atoms with Crippen LogP contribution in [0, 0.1) is 5.16 Å². The summed E-state index contributed by atoms with van der Waals surface area (Å²) in [6.45, 7) is 1.48. The molecule has 4 heteroatoms. The highest BCUT2D eigenvalue weighted by molar-refractivity contribution is 7.40. The van der Waals surface area contributed by atoms with Crippen LogP contribution in [0.15, 0.2) is 60.7 Å². The summed E-state index contributed by atoms with van der Waals surface area (Å²) in [6, 6.07) is 20.4. The first-order valence-electron chi connectivity index (χ1n) is 5.92. The van der Waals surface area contributed by atoms with Crippen molar-refractivity contribution in [2.45, 2.75) is 13.1 Å². The predicted molar refractivity (Wildman–Crippen MR) is 77.4 cm³/mol. The monoisotopic (exact) mass is 259 g/mol. The first-order valence-corrected chi connectivity index (χ1v) is 7.45. The van der Waals surface area contributed by atoms with Gasteiger partial charge in [0, 0.05) is 13.1 Å². The molecule has 3 nitrogen and oxygen atoms in total. The van der Waals surface area contributed by atoms with Crippen molar-refractivity contribution in [2.75, 3.05) is 0 Å². The molecule has 0 saturated heterocycles. The summed E-state index contributed by atoms with van der Waals surface area (Å²) in [5.74, 6) is 0. The molecule has 0 bridgehead atoms. The van der Waals surface area contributed by atoms with E-state index in [9.17, 15) is 0 Å². The van der Waals surface area contributed by atoms with E-state index >= 15 is 0 Å². The molecule has 3 N–H and O–H groups in total. The lowest BCUT2D eigenvalue weighted by Crippen LogP contribution is -2.17. The smallest absolute Gasteiger partial charge is 0.0765 e. The number of benzene rings is 2. The molecule has 0 amide bonds. The second kappa shape index (κ2) is 6.50. The summed E-state index contributed by atoms with van der Waals surface area (Å²) in [7, 11) is -1.68. The SMILES string of the molecule is N=[PH](N)N(Cc1ccccc1)Cc1ccccc1. The third kappa shape index (κ3) is 3.81. The topological polar surface area (TPSA) is 53.1 Å². The lowest BCUT2D eigenvalue weighted by Gasteiger charge is -2.21. The van der Waals surface area contributed by atoms with Gasteiger partial charge in [-0.25, -0.2) is 0 Å². The van der Waals surface area contributed by atoms with Crippen molar-refractivity contribution in [3.8, 4) is 0 Å². The van der Waals surface area contributed by atoms with Crippen molar-refractivity contribution < 1.29 is 0 Å². The highest BCUT2D eigenvalue weighted by Gasteiger charge is 2.07. The van der Waals surface area contributed by atoms with Gasteiger partial charge in [0.1, 0.15) is 0 Å². The van der Waals surface area contributed by atoms with Gasteiger partial charge in [-0.1, -0.05) is 60.7 Å². The molecule has 0 radical (unpaired) electrons. The number of hydrogen-bond donors (Lipinski definition) is 2. The van der Waals surface area contributed by atoms with Crippen molar-refractivity contribution in [1.82, 2.24) is 4.67 Å². The van der Waals surface area contributed by atoms with E-state index in [1.54, 1.807) is 0 Å². The Bertz CT molecular complexity index is 457. The Labute approximate surface area is 109 Å². The molecular weight excluding hydrogens is 241 g/mol. The molecule has 0 fully saturated rings. The molecule has 1 unspecified atom stereocenters. The standard InChI is InChI=1S/C14H18N3P/c15-18(16)17(11-13-7-3-1-4-8-13)12-14-9-5-2-6-10-14/h1-10,18H,11-12H2,(H3,15,16). The Kier molecular flexibility index (Phi) is 4.71. The van der Waals surface area contributed by atoms with E-state index in [0.717, 1.165) is 13.1 Å². The maximum atomic E-state index is 7.84. The van der Waals surface area contributed by atoms with Crippen molar-refractivity contribution in [2.24, 2.45) is 5.50 Å². The van der Waals surface area contributed by atoms with Gasteiger partial charge in [0.05, 0.1) is 8.01 Å². The molecule has 2 aromatic rings. The van der Waals surface area contributed by atoms with Crippen LogP contribution in [0.25, 0.3) is 0 Å². The van der Waals surface area contributed by atoms with Crippen LogP contribution in [0.2, 0.25) is 0 Å². The van der Waals surface area contributed by atoms with Crippen LogP contribution >= 0.6 is 8.01 Å². The van der Waals surface area contributed by atoms with Crippen molar-refractivity contribution in [3.05, 3.63) is 71.8 Å². The van der Waals surface area contributed by atoms with Crippen LogP contribution < -0.4 is 5.50 Å². The average molecular weight is 259 g/mol. The fourth-order valence-electron chi connectivity index (χ4n) is 1.83. The minimum Gasteiger partial charge on any atom is -0.292 e. The largest absolute Gasteiger partial charge is 0.292 e. The zero-order valence-corrected chi connectivity index (χ0v) is 11.2. The molecule has 2 rings (SSSR count). The number of nitrogens with two attached hydrogens (primary N) is 1. The summed E-state index contributed by atoms with van der Waals surface area (Å²) in [5, 5.41) is 7.84. The minimum atomic E-state index is -1.68. The molecular formula is C14H18N3P. The highest BCUT2D eigenvalue weighted by atomic mass is 31.1. The second-order valence-corrected chi connectivity index (χ2v) is 5.62. The molecule has 18 heavy (non-hydrogen) atoms. The van der Waals surface area contributed by atoms with Gasteiger partial charge in [-0.05, 0) is 11.1 Å². The summed E-state index contributed by atoms with van der Waals surface area (Å²) in [6.07, 6.45) is 0. The lowest BCUT2D eigenvalue weighted by molar-refractivity contribution is 0.447. The Morgan fingerprint density at radius 2 is 1.22 bits per heavy atom. The molecule has 0 aliphatic heterocycles. The molecule has 0 aliphatic rings. The Hall–Kier alpha value is -1.41. The number of rotatable bonds is 5. The molecule has 0 saturated carbocycles. The van der Waals surface area contributed by atoms with Crippen molar-refractivity contribution in [1.29, 1.82) is 5.16 Å². The van der Waals surface area contributed by atoms with Crippen LogP contribution in [0.3, 0.4) is 0 Å². The van der Waals surface area contributed by atoms with Gasteiger partial charge >= 0.3 is 0 Å². The maximum Gasteiger partial charge on any atom is 0.0765 e. The van der Waals surface area contributed by atoms with Crippen molar-refractivity contribution >= 4 is 8.01 Å². The Morgan fingerprint density at radius 1 is 0.833 bits per heavy atom. The highest BCUT2D eigenvalue weighted by Crippen LogP contribution is 2.24. The van der Waals surface area contributed by atoms with E-state index in [2.05, 4.69) is 24.3 Å². The second-order valence-electron chi connectivity index (χ2n) is 4.21. The van der Waals surface area contributed by atoms with E-state index in [0.29, 0.717) is 0 Å². The third-order valence-corrected chi connectivity index (χ3v) is 3.77. The minimum absolute atomic E-state index is 0.740. The van der Waals surface area contributed by atoms with Crippen LogP contribution in [0.5, 0.6) is 0 Å². The fraction of sp³-hybridized carbons (Fsp3) is 0.143. The Balaban J connectivity index is 2.08. The maximum absolute atomic E-state index is 7.84. The molecule has 0 heterocycles. The van der Waals surface area contributed by atoms with Crippen LogP contribution in [-0.4, -0.2) is 4.67 Å². The first kappa shape index (κ1) is 13.0. The van der Waals surface area contributed by atoms with Crippen LogP contribution in [-0.2, 0) is 13.1 Å². The quantitative estimate of drug-likeness (QED) is 0.808. The van der Waals surface area contributed by atoms with Crippen LogP contribution in [0.1, 0.15) is 11.1 Å². The summed E-state index contributed by atoms with van der Waals surface area (Å²) in [5.41, 5.74) is 8.23. The van der Waals surface area contributed by atoms with E-state index in [1.807, 2.05) is 41.1 Å². The summed E-state index contributed by atoms with van der Waals surface area (Å²) >= 11 is 0. The number of hydrogen-bond acceptors (Lipinski definition) is 1.